The molecule has 0 aromatic carbocycles. The predicted molar refractivity (Wildman–Crippen MR) is 69.0 cm³/mol. The Balaban J connectivity index is 1.62. The van der Waals surface area contributed by atoms with Crippen molar-refractivity contribution in [3.05, 3.63) is 12.8 Å². The molecule has 1 heterocycles. The van der Waals surface area contributed by atoms with Crippen molar-refractivity contribution < 1.29 is 14.2 Å². The Kier molecular flexibility index (Phi) is 9.06. The molecule has 0 bridgehead atoms. The fourth-order valence-electron chi connectivity index (χ4n) is 1.74. The minimum atomic E-state index is 0.410. The van der Waals surface area contributed by atoms with Crippen LogP contribution < -0.4 is 0 Å². The summed E-state index contributed by atoms with van der Waals surface area (Å²) >= 11 is 0. The van der Waals surface area contributed by atoms with Crippen LogP contribution in [0.5, 0.6) is 0 Å². The molecule has 0 amide bonds. The summed E-state index contributed by atoms with van der Waals surface area (Å²) in [4.78, 5) is 0. The Morgan fingerprint density at radius 1 is 1.00 bits per heavy atom. The highest BCUT2D eigenvalue weighted by atomic mass is 16.6. The van der Waals surface area contributed by atoms with E-state index in [-0.39, 0.29) is 0 Å². The second kappa shape index (κ2) is 10.6. The van der Waals surface area contributed by atoms with Gasteiger partial charge in [0.25, 0.3) is 0 Å². The molecular weight excluding hydrogens is 216 g/mol. The fraction of sp³-hybridized carbons (Fsp3) is 0.857. The van der Waals surface area contributed by atoms with Gasteiger partial charge in [-0.3, -0.25) is 0 Å². The van der Waals surface area contributed by atoms with Crippen molar-refractivity contribution >= 4 is 0 Å². The summed E-state index contributed by atoms with van der Waals surface area (Å²) in [5.41, 5.74) is 0. The molecule has 1 aliphatic heterocycles. The third kappa shape index (κ3) is 10.3. The number of rotatable bonds is 13. The highest BCUT2D eigenvalue weighted by molar-refractivity contribution is 4.66. The maximum atomic E-state index is 5.48. The average molecular weight is 242 g/mol. The topological polar surface area (TPSA) is 31.0 Å². The first-order valence-corrected chi connectivity index (χ1v) is 6.85. The number of hydrogen-bond donors (Lipinski definition) is 0. The van der Waals surface area contributed by atoms with Crippen molar-refractivity contribution in [2.45, 2.75) is 51.0 Å². The number of hydrogen-bond acceptors (Lipinski definition) is 3. The van der Waals surface area contributed by atoms with Crippen LogP contribution in [-0.4, -0.2) is 32.5 Å². The first-order chi connectivity index (χ1) is 8.43. The van der Waals surface area contributed by atoms with Crippen LogP contribution >= 0.6 is 0 Å². The van der Waals surface area contributed by atoms with Crippen molar-refractivity contribution in [1.82, 2.24) is 0 Å². The summed E-state index contributed by atoms with van der Waals surface area (Å²) < 4.78 is 15.6. The van der Waals surface area contributed by atoms with Crippen LogP contribution in [0.4, 0.5) is 0 Å². The lowest BCUT2D eigenvalue weighted by molar-refractivity contribution is 0.113. The predicted octanol–water partition coefficient (Wildman–Crippen LogP) is 3.29. The largest absolute Gasteiger partial charge is 0.502 e. The van der Waals surface area contributed by atoms with Gasteiger partial charge >= 0.3 is 0 Å². The summed E-state index contributed by atoms with van der Waals surface area (Å²) in [6, 6.07) is 0. The van der Waals surface area contributed by atoms with E-state index in [0.29, 0.717) is 6.10 Å². The lowest BCUT2D eigenvalue weighted by atomic mass is 10.1. The lowest BCUT2D eigenvalue weighted by Crippen LogP contribution is -2.02. The average Bonchev–Trinajstić information content (AvgIpc) is 3.15. The molecule has 3 heteroatoms. The van der Waals surface area contributed by atoms with E-state index >= 15 is 0 Å². The van der Waals surface area contributed by atoms with Crippen LogP contribution in [0.1, 0.15) is 44.9 Å². The van der Waals surface area contributed by atoms with Gasteiger partial charge in [0, 0.05) is 6.61 Å². The quantitative estimate of drug-likeness (QED) is 0.282. The van der Waals surface area contributed by atoms with E-state index in [9.17, 15) is 0 Å². The molecule has 0 aliphatic carbocycles. The first kappa shape index (κ1) is 14.5. The first-order valence-electron chi connectivity index (χ1n) is 6.85. The summed E-state index contributed by atoms with van der Waals surface area (Å²) in [6.45, 7) is 6.93. The summed E-state index contributed by atoms with van der Waals surface area (Å²) in [5, 5.41) is 0. The Bertz CT molecular complexity index is 178. The van der Waals surface area contributed by atoms with Crippen LogP contribution in [-0.2, 0) is 14.2 Å². The Labute approximate surface area is 105 Å². The monoisotopic (exact) mass is 242 g/mol. The minimum absolute atomic E-state index is 0.410. The molecule has 1 fully saturated rings. The Morgan fingerprint density at radius 2 is 1.59 bits per heavy atom. The van der Waals surface area contributed by atoms with Gasteiger partial charge in [-0.15, -0.1) is 0 Å². The molecule has 0 aromatic heterocycles. The van der Waals surface area contributed by atoms with Gasteiger partial charge in [-0.05, 0) is 12.8 Å². The van der Waals surface area contributed by atoms with E-state index < -0.39 is 0 Å². The standard InChI is InChI=1S/C14H26O3/c1-2-15-10-8-6-4-3-5-7-9-11-16-12-14-13-17-14/h2,14H,1,3-13H2. The van der Waals surface area contributed by atoms with E-state index in [0.717, 1.165) is 32.8 Å². The summed E-state index contributed by atoms with van der Waals surface area (Å²) in [7, 11) is 0. The van der Waals surface area contributed by atoms with E-state index in [1.54, 1.807) is 0 Å². The van der Waals surface area contributed by atoms with Gasteiger partial charge in [-0.25, -0.2) is 0 Å². The van der Waals surface area contributed by atoms with Gasteiger partial charge in [0.05, 0.1) is 26.1 Å². The van der Waals surface area contributed by atoms with Gasteiger partial charge in [0.15, 0.2) is 0 Å². The third-order valence-corrected chi connectivity index (χ3v) is 2.87. The molecule has 1 saturated heterocycles. The van der Waals surface area contributed by atoms with Gasteiger partial charge in [0.2, 0.25) is 0 Å². The van der Waals surface area contributed by atoms with Gasteiger partial charge < -0.3 is 14.2 Å². The lowest BCUT2D eigenvalue weighted by Gasteiger charge is -2.03. The van der Waals surface area contributed by atoms with Crippen molar-refractivity contribution in [1.29, 1.82) is 0 Å². The minimum Gasteiger partial charge on any atom is -0.502 e. The molecule has 0 saturated carbocycles. The SMILES string of the molecule is C=COCCCCCCCCCOCC1CO1. The molecule has 17 heavy (non-hydrogen) atoms. The maximum Gasteiger partial charge on any atom is 0.104 e. The molecule has 1 unspecified atom stereocenters. The highest BCUT2D eigenvalue weighted by Crippen LogP contribution is 2.10. The fourth-order valence-corrected chi connectivity index (χ4v) is 1.74. The maximum absolute atomic E-state index is 5.48. The molecule has 1 atom stereocenters. The van der Waals surface area contributed by atoms with Crippen molar-refractivity contribution in [3.63, 3.8) is 0 Å². The van der Waals surface area contributed by atoms with Gasteiger partial charge in [-0.2, -0.15) is 0 Å². The van der Waals surface area contributed by atoms with Crippen LogP contribution in [0.25, 0.3) is 0 Å². The number of ether oxygens (including phenoxy) is 3. The Morgan fingerprint density at radius 3 is 2.18 bits per heavy atom. The number of epoxide rings is 1. The third-order valence-electron chi connectivity index (χ3n) is 2.87. The normalized spacial score (nSPS) is 18.0. The molecule has 1 rings (SSSR count). The van der Waals surface area contributed by atoms with Crippen molar-refractivity contribution in [3.8, 4) is 0 Å². The van der Waals surface area contributed by atoms with E-state index in [1.807, 2.05) is 0 Å². The van der Waals surface area contributed by atoms with Crippen molar-refractivity contribution in [2.75, 3.05) is 26.4 Å². The van der Waals surface area contributed by atoms with Crippen LogP contribution in [0, 0.1) is 0 Å². The molecule has 3 nitrogen and oxygen atoms in total. The summed E-state index contributed by atoms with van der Waals surface area (Å²) in [6.07, 6.45) is 10.8. The molecule has 0 spiro atoms. The van der Waals surface area contributed by atoms with Gasteiger partial charge in [-0.1, -0.05) is 38.7 Å². The highest BCUT2D eigenvalue weighted by Gasteiger charge is 2.21. The second-order valence-corrected chi connectivity index (χ2v) is 4.54. The molecule has 0 N–H and O–H groups in total. The van der Waals surface area contributed by atoms with Crippen LogP contribution in [0.3, 0.4) is 0 Å². The zero-order valence-corrected chi connectivity index (χ0v) is 10.9. The van der Waals surface area contributed by atoms with Crippen LogP contribution in [0.2, 0.25) is 0 Å². The smallest absolute Gasteiger partial charge is 0.104 e. The van der Waals surface area contributed by atoms with E-state index in [2.05, 4.69) is 6.58 Å². The molecule has 1 aliphatic rings. The zero-order valence-electron chi connectivity index (χ0n) is 10.9. The molecule has 0 aromatic rings. The molecule has 100 valence electrons. The molecule has 0 radical (unpaired) electrons. The van der Waals surface area contributed by atoms with Crippen molar-refractivity contribution in [2.24, 2.45) is 0 Å². The zero-order chi connectivity index (χ0) is 12.2. The second-order valence-electron chi connectivity index (χ2n) is 4.54. The number of unbranched alkanes of at least 4 members (excludes halogenated alkanes) is 6. The van der Waals surface area contributed by atoms with E-state index in [1.165, 1.54) is 44.8 Å². The van der Waals surface area contributed by atoms with Gasteiger partial charge in [0.1, 0.15) is 6.10 Å². The summed E-state index contributed by atoms with van der Waals surface area (Å²) in [5.74, 6) is 0. The molecular formula is C14H26O3. The van der Waals surface area contributed by atoms with Crippen LogP contribution in [0.15, 0.2) is 12.8 Å². The van der Waals surface area contributed by atoms with E-state index in [4.69, 9.17) is 14.2 Å². The Hall–Kier alpha value is -0.540.